The summed E-state index contributed by atoms with van der Waals surface area (Å²) in [7, 11) is 0. The van der Waals surface area contributed by atoms with Gasteiger partial charge in [0.25, 0.3) is 5.91 Å². The van der Waals surface area contributed by atoms with E-state index in [9.17, 15) is 9.59 Å². The van der Waals surface area contributed by atoms with Gasteiger partial charge in [0.15, 0.2) is 17.2 Å². The van der Waals surface area contributed by atoms with Gasteiger partial charge in [-0.15, -0.1) is 5.10 Å². The second-order valence-corrected chi connectivity index (χ2v) is 8.53. The molecule has 3 aliphatic rings. The molecule has 1 saturated heterocycles. The van der Waals surface area contributed by atoms with E-state index in [1.165, 1.54) is 11.0 Å². The molecular formula is C24H23N5O4. The highest BCUT2D eigenvalue weighted by Gasteiger charge is 2.46. The number of hydrogen-bond donors (Lipinski definition) is 0. The van der Waals surface area contributed by atoms with E-state index in [2.05, 4.69) is 10.2 Å². The Kier molecular flexibility index (Phi) is 4.74. The number of amides is 2. The normalized spacial score (nSPS) is 21.2. The van der Waals surface area contributed by atoms with Crippen molar-refractivity contribution in [3.63, 3.8) is 0 Å². The van der Waals surface area contributed by atoms with Gasteiger partial charge in [-0.05, 0) is 42.2 Å². The van der Waals surface area contributed by atoms with E-state index in [-0.39, 0.29) is 30.4 Å². The maximum atomic E-state index is 13.0. The molecule has 1 aliphatic carbocycles. The number of benzene rings is 2. The molecule has 9 nitrogen and oxygen atoms in total. The number of rotatable bonds is 4. The maximum Gasteiger partial charge on any atom is 0.276 e. The zero-order valence-electron chi connectivity index (χ0n) is 18.0. The van der Waals surface area contributed by atoms with Gasteiger partial charge in [0.05, 0.1) is 11.9 Å². The first kappa shape index (κ1) is 19.8. The summed E-state index contributed by atoms with van der Waals surface area (Å²) in [5.74, 6) is 1.74. The van der Waals surface area contributed by atoms with Gasteiger partial charge in [-0.25, -0.2) is 0 Å². The number of aromatic nitrogens is 3. The van der Waals surface area contributed by atoms with Crippen molar-refractivity contribution in [1.82, 2.24) is 24.8 Å². The molecule has 3 aromatic rings. The number of nitrogens with zero attached hydrogens (tertiary/aromatic N) is 5. The zero-order valence-corrected chi connectivity index (χ0v) is 18.0. The third kappa shape index (κ3) is 3.69. The Morgan fingerprint density at radius 2 is 1.67 bits per heavy atom. The number of hydrogen-bond acceptors (Lipinski definition) is 6. The van der Waals surface area contributed by atoms with Crippen molar-refractivity contribution in [2.75, 3.05) is 33.0 Å². The molecule has 1 saturated carbocycles. The van der Waals surface area contributed by atoms with Crippen molar-refractivity contribution in [2.24, 2.45) is 5.92 Å². The highest BCUT2D eigenvalue weighted by molar-refractivity contribution is 5.92. The van der Waals surface area contributed by atoms with Crippen LogP contribution in [0.3, 0.4) is 0 Å². The Labute approximate surface area is 190 Å². The van der Waals surface area contributed by atoms with Crippen molar-refractivity contribution in [3.8, 4) is 17.2 Å². The number of carbonyl (C=O) groups excluding carboxylic acids is 2. The minimum atomic E-state index is -0.158. The van der Waals surface area contributed by atoms with Crippen LogP contribution in [0.2, 0.25) is 0 Å². The van der Waals surface area contributed by atoms with Crippen molar-refractivity contribution >= 4 is 11.8 Å². The van der Waals surface area contributed by atoms with Crippen LogP contribution in [0.1, 0.15) is 28.4 Å². The van der Waals surface area contributed by atoms with Gasteiger partial charge >= 0.3 is 0 Å². The van der Waals surface area contributed by atoms with Crippen LogP contribution in [0, 0.1) is 5.92 Å². The molecule has 6 rings (SSSR count). The Morgan fingerprint density at radius 3 is 2.48 bits per heavy atom. The van der Waals surface area contributed by atoms with Crippen LogP contribution < -0.4 is 9.47 Å². The molecule has 0 N–H and O–H groups in total. The molecule has 0 bridgehead atoms. The highest BCUT2D eigenvalue weighted by Crippen LogP contribution is 2.50. The van der Waals surface area contributed by atoms with E-state index < -0.39 is 0 Å². The van der Waals surface area contributed by atoms with Gasteiger partial charge in [-0.1, -0.05) is 24.3 Å². The fourth-order valence-electron chi connectivity index (χ4n) is 4.55. The molecule has 2 fully saturated rings. The smallest absolute Gasteiger partial charge is 0.276 e. The Balaban J connectivity index is 1.05. The largest absolute Gasteiger partial charge is 0.454 e. The van der Waals surface area contributed by atoms with Gasteiger partial charge < -0.3 is 19.3 Å². The van der Waals surface area contributed by atoms with Crippen LogP contribution >= 0.6 is 0 Å². The van der Waals surface area contributed by atoms with E-state index in [4.69, 9.17) is 9.47 Å². The second-order valence-electron chi connectivity index (χ2n) is 8.53. The molecule has 0 radical (unpaired) electrons. The molecule has 2 atom stereocenters. The molecule has 168 valence electrons. The molecule has 0 spiro atoms. The average molecular weight is 445 g/mol. The molecule has 2 amide bonds. The van der Waals surface area contributed by atoms with Gasteiger partial charge in [0, 0.05) is 32.1 Å². The fraction of sp³-hybridized carbons (Fsp3) is 0.333. The summed E-state index contributed by atoms with van der Waals surface area (Å²) >= 11 is 0. The van der Waals surface area contributed by atoms with Gasteiger partial charge in [0.2, 0.25) is 12.7 Å². The first-order valence-electron chi connectivity index (χ1n) is 11.1. The van der Waals surface area contributed by atoms with E-state index in [1.54, 1.807) is 4.90 Å². The maximum absolute atomic E-state index is 13.0. The van der Waals surface area contributed by atoms with E-state index in [1.807, 2.05) is 53.4 Å². The molecule has 9 heteroatoms. The predicted octanol–water partition coefficient (Wildman–Crippen LogP) is 2.08. The number of piperazine rings is 1. The first-order valence-corrected chi connectivity index (χ1v) is 11.1. The number of carbonyl (C=O) groups is 2. The first-order chi connectivity index (χ1) is 16.2. The van der Waals surface area contributed by atoms with Crippen molar-refractivity contribution in [2.45, 2.75) is 12.3 Å². The molecule has 1 aromatic heterocycles. The topological polar surface area (TPSA) is 89.8 Å². The summed E-state index contributed by atoms with van der Waals surface area (Å²) < 4.78 is 10.8. The van der Waals surface area contributed by atoms with Crippen LogP contribution in [0.4, 0.5) is 0 Å². The molecule has 2 aromatic carbocycles. The SMILES string of the molecule is O=C(c1cnn(-c2ccccc2)n1)N1CCN(C(=O)C2CC2c2ccc3c(c2)OCO3)CC1. The number of para-hydroxylation sites is 1. The third-order valence-corrected chi connectivity index (χ3v) is 6.51. The minimum Gasteiger partial charge on any atom is -0.454 e. The molecule has 2 unspecified atom stereocenters. The van der Waals surface area contributed by atoms with Gasteiger partial charge in [-0.3, -0.25) is 9.59 Å². The standard InChI is InChI=1S/C24H23N5O4/c30-23(19-13-18(19)16-6-7-21-22(12-16)33-15-32-21)27-8-10-28(11-9-27)24(31)20-14-25-29(26-20)17-4-2-1-3-5-17/h1-7,12,14,18-19H,8-11,13,15H2. The summed E-state index contributed by atoms with van der Waals surface area (Å²) in [6.45, 7) is 2.29. The van der Waals surface area contributed by atoms with Crippen molar-refractivity contribution in [1.29, 1.82) is 0 Å². The quantitative estimate of drug-likeness (QED) is 0.611. The predicted molar refractivity (Wildman–Crippen MR) is 117 cm³/mol. The number of ether oxygens (including phenoxy) is 2. The van der Waals surface area contributed by atoms with E-state index >= 15 is 0 Å². The number of fused-ring (bicyclic) bond motifs is 1. The van der Waals surface area contributed by atoms with Crippen molar-refractivity contribution < 1.29 is 19.1 Å². The highest BCUT2D eigenvalue weighted by atomic mass is 16.7. The summed E-state index contributed by atoms with van der Waals surface area (Å²) in [6, 6.07) is 15.4. The molecule has 3 heterocycles. The molecule has 2 aliphatic heterocycles. The van der Waals surface area contributed by atoms with Crippen LogP contribution in [0.5, 0.6) is 11.5 Å². The van der Waals surface area contributed by atoms with Crippen LogP contribution in [0.15, 0.2) is 54.7 Å². The third-order valence-electron chi connectivity index (χ3n) is 6.51. The fourth-order valence-corrected chi connectivity index (χ4v) is 4.55. The summed E-state index contributed by atoms with van der Waals surface area (Å²) in [6.07, 6.45) is 2.34. The summed E-state index contributed by atoms with van der Waals surface area (Å²) in [5.41, 5.74) is 2.23. The Morgan fingerprint density at radius 1 is 0.909 bits per heavy atom. The molecular weight excluding hydrogens is 422 g/mol. The Bertz CT molecular complexity index is 1200. The zero-order chi connectivity index (χ0) is 22.4. The lowest BCUT2D eigenvalue weighted by atomic mass is 10.1. The van der Waals surface area contributed by atoms with Crippen LogP contribution in [-0.2, 0) is 4.79 Å². The lowest BCUT2D eigenvalue weighted by Gasteiger charge is -2.34. The average Bonchev–Trinajstić information content (AvgIpc) is 3.27. The Hall–Kier alpha value is -3.88. The van der Waals surface area contributed by atoms with Gasteiger partial charge in [-0.2, -0.15) is 9.90 Å². The molecule has 33 heavy (non-hydrogen) atoms. The van der Waals surface area contributed by atoms with Gasteiger partial charge in [0.1, 0.15) is 0 Å². The summed E-state index contributed by atoms with van der Waals surface area (Å²) in [5, 5.41) is 8.54. The van der Waals surface area contributed by atoms with Crippen molar-refractivity contribution in [3.05, 3.63) is 66.0 Å². The lowest BCUT2D eigenvalue weighted by Crippen LogP contribution is -2.51. The minimum absolute atomic E-state index is 0.00149. The van der Waals surface area contributed by atoms with Crippen LogP contribution in [0.25, 0.3) is 5.69 Å². The van der Waals surface area contributed by atoms with Crippen LogP contribution in [-0.4, -0.2) is 69.6 Å². The van der Waals surface area contributed by atoms with E-state index in [0.717, 1.165) is 29.2 Å². The summed E-state index contributed by atoms with van der Waals surface area (Å²) in [4.78, 5) is 31.0. The van der Waals surface area contributed by atoms with E-state index in [0.29, 0.717) is 31.9 Å². The lowest BCUT2D eigenvalue weighted by molar-refractivity contribution is -0.134. The second kappa shape index (κ2) is 7.91. The monoisotopic (exact) mass is 445 g/mol.